The van der Waals surface area contributed by atoms with E-state index in [-0.39, 0.29) is 13.4 Å². The summed E-state index contributed by atoms with van der Waals surface area (Å²) in [5.74, 6) is 0. The second kappa shape index (κ2) is 11.0. The van der Waals surface area contributed by atoms with E-state index in [2.05, 4.69) is 177 Å². The molecule has 0 unspecified atom stereocenters. The number of para-hydroxylation sites is 4. The third-order valence-electron chi connectivity index (χ3n) is 15.4. The first-order chi connectivity index (χ1) is 32.3. The van der Waals surface area contributed by atoms with Crippen molar-refractivity contribution < 1.29 is 0 Å². The van der Waals surface area contributed by atoms with Crippen LogP contribution in [0.4, 0.5) is 68.2 Å². The lowest BCUT2D eigenvalue weighted by Crippen LogP contribution is -2.61. The summed E-state index contributed by atoms with van der Waals surface area (Å²) in [5.41, 5.74) is 21.7. The van der Waals surface area contributed by atoms with Gasteiger partial charge in [-0.05, 0) is 104 Å². The second-order valence-electron chi connectivity index (χ2n) is 18.3. The number of rotatable bonds is 0. The molecule has 9 aromatic carbocycles. The highest BCUT2D eigenvalue weighted by molar-refractivity contribution is 8.01. The van der Waals surface area contributed by atoms with Crippen molar-refractivity contribution in [3.63, 3.8) is 0 Å². The maximum absolute atomic E-state index is 2.70. The predicted octanol–water partition coefficient (Wildman–Crippen LogP) is 12.4. The molecule has 0 spiro atoms. The SMILES string of the molecule is c1cc2c3c(c1)Sc1c4c(cc5ccccc15)B1c5sc6c7c5N(c5ccccc5N7c5ccc7c8c5B6c5cc6ccccc6c6c5N8c5c(cccc5S6)S7)c5ccc(c(c51)N34)S2. The number of nitrogens with zero attached hydrogens (tertiary/aromatic N) is 4. The van der Waals surface area contributed by atoms with Gasteiger partial charge >= 0.3 is 0 Å². The van der Waals surface area contributed by atoms with Gasteiger partial charge in [0.2, 0.25) is 0 Å². The molecule has 0 saturated carbocycles. The number of hydrogen-bond acceptors (Lipinski definition) is 9. The molecule has 0 saturated heterocycles. The molecule has 65 heavy (non-hydrogen) atoms. The number of anilines is 12. The summed E-state index contributed by atoms with van der Waals surface area (Å²) in [7, 11) is 0. The van der Waals surface area contributed by atoms with E-state index < -0.39 is 0 Å². The Morgan fingerprint density at radius 3 is 1.25 bits per heavy atom. The Labute approximate surface area is 394 Å². The Kier molecular flexibility index (Phi) is 5.63. The van der Waals surface area contributed by atoms with E-state index in [1.54, 1.807) is 0 Å². The number of thiophene rings is 1. The van der Waals surface area contributed by atoms with Crippen LogP contribution >= 0.6 is 58.4 Å². The summed E-state index contributed by atoms with van der Waals surface area (Å²) in [6, 6.07) is 56.2. The lowest BCUT2D eigenvalue weighted by molar-refractivity contribution is 1.09. The largest absolute Gasteiger partial charge is 0.307 e. The van der Waals surface area contributed by atoms with Gasteiger partial charge in [-0.15, -0.1) is 0 Å². The fourth-order valence-electron chi connectivity index (χ4n) is 13.1. The zero-order chi connectivity index (χ0) is 41.3. The molecule has 0 aliphatic carbocycles. The Hall–Kier alpha value is -6.07. The molecule has 1 aromatic heterocycles. The van der Waals surface area contributed by atoms with E-state index in [0.29, 0.717) is 0 Å². The van der Waals surface area contributed by atoms with Gasteiger partial charge in [0.25, 0.3) is 13.4 Å². The number of fused-ring (bicyclic) bond motifs is 13. The Morgan fingerprint density at radius 1 is 0.323 bits per heavy atom. The quantitative estimate of drug-likeness (QED) is 0.138. The molecular weight excluding hydrogens is 887 g/mol. The minimum Gasteiger partial charge on any atom is -0.307 e. The van der Waals surface area contributed by atoms with Crippen molar-refractivity contribution in [2.45, 2.75) is 39.2 Å². The van der Waals surface area contributed by atoms with Crippen molar-refractivity contribution in [2.24, 2.45) is 0 Å². The van der Waals surface area contributed by atoms with E-state index >= 15 is 0 Å². The van der Waals surface area contributed by atoms with Gasteiger partial charge in [-0.3, -0.25) is 0 Å². The minimum absolute atomic E-state index is 0.0692. The number of benzene rings is 9. The molecule has 0 fully saturated rings. The smallest absolute Gasteiger partial charge is 0.264 e. The lowest BCUT2D eigenvalue weighted by Gasteiger charge is -2.51. The van der Waals surface area contributed by atoms with Crippen LogP contribution in [0.2, 0.25) is 0 Å². The molecule has 296 valence electrons. The third kappa shape index (κ3) is 3.58. The van der Waals surface area contributed by atoms with E-state index in [0.717, 1.165) is 0 Å². The van der Waals surface area contributed by atoms with Crippen molar-refractivity contribution in [3.8, 4) is 0 Å². The molecular formula is C54H24B2N4S5. The molecule has 9 aliphatic rings. The summed E-state index contributed by atoms with van der Waals surface area (Å²) < 4.78 is 2.92. The van der Waals surface area contributed by atoms with Gasteiger partial charge in [0, 0.05) is 60.1 Å². The van der Waals surface area contributed by atoms with Crippen LogP contribution in [0, 0.1) is 0 Å². The van der Waals surface area contributed by atoms with Crippen LogP contribution in [-0.4, -0.2) is 13.4 Å². The third-order valence-corrected chi connectivity index (χ3v) is 21.2. The standard InChI is InChI=1S/C54H24B2N4S5/c1-3-11-27-25(9-1)23-29-43-51(27)63-37-17-7-15-35-45(37)59(43)47-39(61-35)21-19-33-41(47)55(29)53-49-50-54(65-53)56-30-24-26-10-2-4-12-28(26)52-44(30)60-46-36(16-8-18-38(46)64-52)62-40-22-20-34(42(56)48(40)60)58(50)32-14-6-5-13-31(32)57(33)49/h1-24H. The highest BCUT2D eigenvalue weighted by atomic mass is 32.2. The van der Waals surface area contributed by atoms with Gasteiger partial charge in [0.15, 0.2) is 0 Å². The highest BCUT2D eigenvalue weighted by Gasteiger charge is 2.57. The van der Waals surface area contributed by atoms with Crippen molar-refractivity contribution >= 4 is 193 Å². The van der Waals surface area contributed by atoms with Crippen LogP contribution in [-0.2, 0) is 0 Å². The summed E-state index contributed by atoms with van der Waals surface area (Å²) in [5, 5.41) is 5.30. The maximum atomic E-state index is 2.70. The first kappa shape index (κ1) is 33.4. The van der Waals surface area contributed by atoms with Crippen molar-refractivity contribution in [1.82, 2.24) is 0 Å². The average Bonchev–Trinajstić information content (AvgIpc) is 3.74. The molecule has 0 N–H and O–H groups in total. The molecule has 9 aliphatic heterocycles. The molecule has 11 heteroatoms. The van der Waals surface area contributed by atoms with Gasteiger partial charge in [0.1, 0.15) is 0 Å². The maximum Gasteiger partial charge on any atom is 0.264 e. The monoisotopic (exact) mass is 910 g/mol. The van der Waals surface area contributed by atoms with Crippen molar-refractivity contribution in [3.05, 3.63) is 146 Å². The van der Waals surface area contributed by atoms with Gasteiger partial charge in [-0.1, -0.05) is 132 Å². The molecule has 0 radical (unpaired) electrons. The lowest BCUT2D eigenvalue weighted by atomic mass is 9.35. The van der Waals surface area contributed by atoms with Crippen molar-refractivity contribution in [1.29, 1.82) is 0 Å². The summed E-state index contributed by atoms with van der Waals surface area (Å²) in [4.78, 5) is 21.6. The van der Waals surface area contributed by atoms with Crippen LogP contribution in [0.15, 0.2) is 185 Å². The van der Waals surface area contributed by atoms with E-state index in [1.807, 2.05) is 47.0 Å². The summed E-state index contributed by atoms with van der Waals surface area (Å²) in [6.45, 7) is 0.138. The highest BCUT2D eigenvalue weighted by Crippen LogP contribution is 2.67. The fourth-order valence-corrected chi connectivity index (χ4v) is 19.5. The van der Waals surface area contributed by atoms with E-state index in [4.69, 9.17) is 0 Å². The van der Waals surface area contributed by atoms with Gasteiger partial charge in [0.05, 0.1) is 56.9 Å². The van der Waals surface area contributed by atoms with Crippen molar-refractivity contribution in [2.75, 3.05) is 19.6 Å². The van der Waals surface area contributed by atoms with Gasteiger partial charge in [-0.2, -0.15) is 11.3 Å². The summed E-state index contributed by atoms with van der Waals surface area (Å²) in [6.07, 6.45) is 0. The first-order valence-corrected chi connectivity index (χ1v) is 26.2. The summed E-state index contributed by atoms with van der Waals surface area (Å²) >= 11 is 9.95. The van der Waals surface area contributed by atoms with Gasteiger partial charge in [-0.25, -0.2) is 0 Å². The average molecular weight is 911 g/mol. The Balaban J connectivity index is 0.973. The zero-order valence-electron chi connectivity index (χ0n) is 33.8. The van der Waals surface area contributed by atoms with Crippen LogP contribution in [0.1, 0.15) is 0 Å². The van der Waals surface area contributed by atoms with Crippen LogP contribution < -0.4 is 51.0 Å². The fraction of sp³-hybridized carbons (Fsp3) is 0. The molecule has 10 heterocycles. The van der Waals surface area contributed by atoms with E-state index in [1.165, 1.54) is 160 Å². The Morgan fingerprint density at radius 2 is 0.754 bits per heavy atom. The second-order valence-corrected chi connectivity index (χ2v) is 23.6. The van der Waals surface area contributed by atoms with Crippen LogP contribution in [0.25, 0.3) is 21.5 Å². The van der Waals surface area contributed by atoms with E-state index in [9.17, 15) is 0 Å². The molecule has 0 bridgehead atoms. The molecule has 4 nitrogen and oxygen atoms in total. The molecule has 19 rings (SSSR count). The minimum atomic E-state index is 0.0692. The first-order valence-electron chi connectivity index (χ1n) is 22.2. The zero-order valence-corrected chi connectivity index (χ0v) is 37.9. The van der Waals surface area contributed by atoms with Gasteiger partial charge < -0.3 is 19.6 Å². The molecule has 0 atom stereocenters. The van der Waals surface area contributed by atoms with Crippen LogP contribution in [0.5, 0.6) is 0 Å². The number of hydrogen-bond donors (Lipinski definition) is 0. The molecule has 10 aromatic rings. The van der Waals surface area contributed by atoms with Crippen LogP contribution in [0.3, 0.4) is 0 Å². The normalized spacial score (nSPS) is 16.2. The topological polar surface area (TPSA) is 13.0 Å². The molecule has 0 amide bonds. The predicted molar refractivity (Wildman–Crippen MR) is 277 cm³/mol. The Bertz CT molecular complexity index is 3850.